The van der Waals surface area contributed by atoms with Gasteiger partial charge < -0.3 is 20.5 Å². The van der Waals surface area contributed by atoms with E-state index in [-0.39, 0.29) is 12.0 Å². The van der Waals surface area contributed by atoms with Gasteiger partial charge in [-0.05, 0) is 69.4 Å². The van der Waals surface area contributed by atoms with E-state index in [1.165, 1.54) is 5.56 Å². The van der Waals surface area contributed by atoms with Gasteiger partial charge in [0.15, 0.2) is 5.82 Å². The first-order valence-electron chi connectivity index (χ1n) is 12.7. The zero-order chi connectivity index (χ0) is 27.4. The number of aliphatic hydroxyl groups excluding tert-OH is 1. The van der Waals surface area contributed by atoms with Crippen molar-refractivity contribution in [2.75, 3.05) is 11.9 Å². The lowest BCUT2D eigenvalue weighted by Gasteiger charge is -2.25. The van der Waals surface area contributed by atoms with Crippen LogP contribution in [0.15, 0.2) is 54.7 Å². The van der Waals surface area contributed by atoms with Gasteiger partial charge in [-0.15, -0.1) is 0 Å². The predicted octanol–water partition coefficient (Wildman–Crippen LogP) is 6.49. The molecule has 37 heavy (non-hydrogen) atoms. The number of ether oxygens (including phenoxy) is 1. The first-order chi connectivity index (χ1) is 17.3. The summed E-state index contributed by atoms with van der Waals surface area (Å²) >= 11 is 0. The highest BCUT2D eigenvalue weighted by molar-refractivity contribution is 5.70. The Labute approximate surface area is 220 Å². The summed E-state index contributed by atoms with van der Waals surface area (Å²) in [6.45, 7) is 16.0. The Bertz CT molecular complexity index is 1210. The van der Waals surface area contributed by atoms with Gasteiger partial charge >= 0.3 is 6.09 Å². The minimum atomic E-state index is -0.616. The fraction of sp³-hybridized carbons (Fsp3) is 0.433. The van der Waals surface area contributed by atoms with Crippen molar-refractivity contribution in [2.45, 2.75) is 78.5 Å². The van der Waals surface area contributed by atoms with Crippen molar-refractivity contribution in [2.24, 2.45) is 0 Å². The number of nitrogens with zero attached hydrogens (tertiary/aromatic N) is 2. The summed E-state index contributed by atoms with van der Waals surface area (Å²) in [5.41, 5.74) is 5.19. The van der Waals surface area contributed by atoms with Gasteiger partial charge in [0.1, 0.15) is 5.60 Å². The van der Waals surface area contributed by atoms with E-state index in [4.69, 9.17) is 9.72 Å². The maximum absolute atomic E-state index is 12.2. The Morgan fingerprint density at radius 3 is 2.19 bits per heavy atom. The Morgan fingerprint density at radius 1 is 0.973 bits per heavy atom. The number of carbonyl (C=O) groups excluding carboxylic acids is 1. The molecule has 1 heterocycles. The minimum absolute atomic E-state index is 0.0322. The molecule has 1 unspecified atom stereocenters. The smallest absolute Gasteiger partial charge is 0.408 e. The second-order valence-electron chi connectivity index (χ2n) is 11.6. The maximum Gasteiger partial charge on any atom is 0.408 e. The summed E-state index contributed by atoms with van der Waals surface area (Å²) in [5, 5.41) is 16.1. The average Bonchev–Trinajstić information content (AvgIpc) is 2.81. The van der Waals surface area contributed by atoms with Crippen LogP contribution in [0.3, 0.4) is 0 Å². The minimum Gasteiger partial charge on any atom is -0.444 e. The van der Waals surface area contributed by atoms with E-state index in [1.807, 2.05) is 30.3 Å². The third kappa shape index (κ3) is 7.76. The van der Waals surface area contributed by atoms with Gasteiger partial charge in [-0.1, -0.05) is 51.1 Å². The fourth-order valence-corrected chi connectivity index (χ4v) is 3.97. The van der Waals surface area contributed by atoms with Gasteiger partial charge in [-0.25, -0.2) is 14.8 Å². The highest BCUT2D eigenvalue weighted by atomic mass is 16.6. The Morgan fingerprint density at radius 2 is 1.62 bits per heavy atom. The standard InChI is InChI=1S/C30H40N4O3/c1-19(2)32-25-14-13-22(17-23(25)29(3,4)5)24-15-16-31-27(33-24)21-11-9-20(10-12-21)26(18-35)34-28(36)37-30(6,7)8/h9-17,19,26,32,35H,18H2,1-8H3,(H,34,36). The molecule has 1 atom stereocenters. The molecular weight excluding hydrogens is 464 g/mol. The topological polar surface area (TPSA) is 96.4 Å². The number of hydrogen-bond donors (Lipinski definition) is 3. The molecule has 0 bridgehead atoms. The van der Waals surface area contributed by atoms with Gasteiger partial charge in [0, 0.05) is 29.1 Å². The zero-order valence-corrected chi connectivity index (χ0v) is 23.2. The number of benzene rings is 2. The third-order valence-corrected chi connectivity index (χ3v) is 5.67. The van der Waals surface area contributed by atoms with Crippen LogP contribution in [0.4, 0.5) is 10.5 Å². The Hall–Kier alpha value is -3.45. The van der Waals surface area contributed by atoms with Crippen LogP contribution in [0.2, 0.25) is 0 Å². The molecule has 2 aromatic carbocycles. The zero-order valence-electron chi connectivity index (χ0n) is 23.2. The number of rotatable bonds is 7. The van der Waals surface area contributed by atoms with Crippen molar-refractivity contribution in [3.05, 3.63) is 65.9 Å². The van der Waals surface area contributed by atoms with Crippen molar-refractivity contribution < 1.29 is 14.6 Å². The Kier molecular flexibility index (Phi) is 8.59. The average molecular weight is 505 g/mol. The number of amides is 1. The number of aliphatic hydroxyl groups is 1. The largest absolute Gasteiger partial charge is 0.444 e. The molecule has 198 valence electrons. The van der Waals surface area contributed by atoms with E-state index in [0.29, 0.717) is 11.9 Å². The number of hydrogen-bond acceptors (Lipinski definition) is 6. The van der Waals surface area contributed by atoms with E-state index in [2.05, 4.69) is 68.4 Å². The molecule has 1 amide bonds. The van der Waals surface area contributed by atoms with Crippen LogP contribution in [0.5, 0.6) is 0 Å². The van der Waals surface area contributed by atoms with Crippen molar-refractivity contribution >= 4 is 11.8 Å². The van der Waals surface area contributed by atoms with E-state index < -0.39 is 17.7 Å². The first kappa shape index (κ1) is 28.1. The molecule has 0 saturated heterocycles. The van der Waals surface area contributed by atoms with Crippen LogP contribution >= 0.6 is 0 Å². The third-order valence-electron chi connectivity index (χ3n) is 5.67. The van der Waals surface area contributed by atoms with Crippen LogP contribution in [0.25, 0.3) is 22.6 Å². The quantitative estimate of drug-likeness (QED) is 0.340. The summed E-state index contributed by atoms with van der Waals surface area (Å²) < 4.78 is 5.31. The van der Waals surface area contributed by atoms with Gasteiger partial charge in [0.05, 0.1) is 18.3 Å². The number of anilines is 1. The van der Waals surface area contributed by atoms with Crippen molar-refractivity contribution in [1.82, 2.24) is 15.3 Å². The number of nitrogens with one attached hydrogen (secondary N) is 2. The molecule has 7 nitrogen and oxygen atoms in total. The molecule has 3 aromatic rings. The van der Waals surface area contributed by atoms with Gasteiger partial charge in [-0.2, -0.15) is 0 Å². The molecule has 3 N–H and O–H groups in total. The van der Waals surface area contributed by atoms with Crippen LogP contribution in [-0.4, -0.2) is 39.4 Å². The second kappa shape index (κ2) is 11.3. The molecule has 7 heteroatoms. The highest BCUT2D eigenvalue weighted by Gasteiger charge is 2.21. The van der Waals surface area contributed by atoms with Gasteiger partial charge in [0.2, 0.25) is 0 Å². The summed E-state index contributed by atoms with van der Waals surface area (Å²) in [4.78, 5) is 21.5. The van der Waals surface area contributed by atoms with Crippen LogP contribution in [0, 0.1) is 0 Å². The summed E-state index contributed by atoms with van der Waals surface area (Å²) in [7, 11) is 0. The van der Waals surface area contributed by atoms with E-state index >= 15 is 0 Å². The molecule has 0 fully saturated rings. The number of carbonyl (C=O) groups is 1. The van der Waals surface area contributed by atoms with E-state index in [1.54, 1.807) is 27.0 Å². The van der Waals surface area contributed by atoms with Crippen LogP contribution < -0.4 is 10.6 Å². The summed E-state index contributed by atoms with van der Waals surface area (Å²) in [5.74, 6) is 0.603. The van der Waals surface area contributed by atoms with Crippen molar-refractivity contribution in [1.29, 1.82) is 0 Å². The lowest BCUT2D eigenvalue weighted by molar-refractivity contribution is 0.0482. The molecule has 0 radical (unpaired) electrons. The highest BCUT2D eigenvalue weighted by Crippen LogP contribution is 2.34. The van der Waals surface area contributed by atoms with Crippen LogP contribution in [0.1, 0.15) is 72.6 Å². The second-order valence-corrected chi connectivity index (χ2v) is 11.6. The summed E-state index contributed by atoms with van der Waals surface area (Å²) in [6.07, 6.45) is 1.19. The number of aromatic nitrogens is 2. The van der Waals surface area contributed by atoms with Crippen LogP contribution in [-0.2, 0) is 10.2 Å². The Balaban J connectivity index is 1.86. The van der Waals surface area contributed by atoms with Gasteiger partial charge in [0.25, 0.3) is 0 Å². The SMILES string of the molecule is CC(C)Nc1ccc(-c2ccnc(-c3ccc(C(CO)NC(=O)OC(C)(C)C)cc3)n2)cc1C(C)(C)C. The molecule has 1 aromatic heterocycles. The lowest BCUT2D eigenvalue weighted by atomic mass is 9.84. The molecule has 0 aliphatic carbocycles. The molecule has 0 spiro atoms. The number of alkyl carbamates (subject to hydrolysis) is 1. The van der Waals surface area contributed by atoms with E-state index in [0.717, 1.165) is 28.1 Å². The monoisotopic (exact) mass is 504 g/mol. The lowest BCUT2D eigenvalue weighted by Crippen LogP contribution is -2.36. The maximum atomic E-state index is 12.2. The molecular formula is C30H40N4O3. The predicted molar refractivity (Wildman–Crippen MR) is 150 cm³/mol. The van der Waals surface area contributed by atoms with Crippen molar-refractivity contribution in [3.8, 4) is 22.6 Å². The molecule has 0 aliphatic rings. The first-order valence-corrected chi connectivity index (χ1v) is 12.7. The molecule has 0 aliphatic heterocycles. The molecule has 3 rings (SSSR count). The van der Waals surface area contributed by atoms with E-state index in [9.17, 15) is 9.90 Å². The van der Waals surface area contributed by atoms with Crippen molar-refractivity contribution in [3.63, 3.8) is 0 Å². The van der Waals surface area contributed by atoms with Gasteiger partial charge in [-0.3, -0.25) is 0 Å². The fourth-order valence-electron chi connectivity index (χ4n) is 3.97. The summed E-state index contributed by atoms with van der Waals surface area (Å²) in [6, 6.07) is 15.6. The normalized spacial score (nSPS) is 12.8. The molecule has 0 saturated carbocycles.